The Bertz CT molecular complexity index is 604. The first-order chi connectivity index (χ1) is 9.49. The molecular weight excluding hydrogens is 340 g/mol. The van der Waals surface area contributed by atoms with E-state index in [0.29, 0.717) is 23.6 Å². The molecule has 0 fully saturated rings. The molecule has 0 saturated carbocycles. The fraction of sp³-hybridized carbons (Fsp3) is 0.429. The molecule has 0 radical (unpaired) electrons. The predicted molar refractivity (Wildman–Crippen MR) is 83.4 cm³/mol. The molecule has 4 nitrogen and oxygen atoms in total. The molecule has 0 saturated heterocycles. The Labute approximate surface area is 130 Å². The topological polar surface area (TPSA) is 55.1 Å². The van der Waals surface area contributed by atoms with Gasteiger partial charge < -0.3 is 9.84 Å². The van der Waals surface area contributed by atoms with Crippen LogP contribution in [0.1, 0.15) is 46.5 Å². The SMILES string of the molecule is Cc1noc(C(C)C)c1C(=O)NCCc1ccc(Br)s1. The predicted octanol–water partition coefficient (Wildman–Crippen LogP) is 3.90. The van der Waals surface area contributed by atoms with Gasteiger partial charge >= 0.3 is 0 Å². The first-order valence-electron chi connectivity index (χ1n) is 6.47. The molecule has 0 unspecified atom stereocenters. The molecular formula is C14H17BrN2O2S. The quantitative estimate of drug-likeness (QED) is 0.883. The molecule has 2 aromatic rings. The van der Waals surface area contributed by atoms with E-state index in [0.717, 1.165) is 10.2 Å². The Morgan fingerprint density at radius 3 is 2.85 bits per heavy atom. The minimum absolute atomic E-state index is 0.108. The Balaban J connectivity index is 1.97. The molecule has 2 heterocycles. The zero-order chi connectivity index (χ0) is 14.7. The number of thiophene rings is 1. The summed E-state index contributed by atoms with van der Waals surface area (Å²) in [5.41, 5.74) is 1.22. The lowest BCUT2D eigenvalue weighted by atomic mass is 10.0. The second kappa shape index (κ2) is 6.54. The van der Waals surface area contributed by atoms with E-state index < -0.39 is 0 Å². The van der Waals surface area contributed by atoms with Crippen LogP contribution in [0.2, 0.25) is 0 Å². The van der Waals surface area contributed by atoms with Gasteiger partial charge in [-0.25, -0.2) is 0 Å². The van der Waals surface area contributed by atoms with Gasteiger partial charge in [0.15, 0.2) is 5.76 Å². The summed E-state index contributed by atoms with van der Waals surface area (Å²) in [4.78, 5) is 13.5. The number of hydrogen-bond acceptors (Lipinski definition) is 4. The molecule has 0 aliphatic carbocycles. The highest BCUT2D eigenvalue weighted by atomic mass is 79.9. The third-order valence-corrected chi connectivity index (χ3v) is 4.61. The number of nitrogens with zero attached hydrogens (tertiary/aromatic N) is 1. The molecule has 0 aliphatic heterocycles. The van der Waals surface area contributed by atoms with Gasteiger partial charge in [0.05, 0.1) is 9.48 Å². The highest BCUT2D eigenvalue weighted by molar-refractivity contribution is 9.11. The van der Waals surface area contributed by atoms with Gasteiger partial charge in [0.1, 0.15) is 5.56 Å². The minimum atomic E-state index is -0.108. The van der Waals surface area contributed by atoms with Gasteiger partial charge in [0, 0.05) is 17.3 Å². The molecule has 0 bridgehead atoms. The van der Waals surface area contributed by atoms with Crippen molar-refractivity contribution >= 4 is 33.2 Å². The van der Waals surface area contributed by atoms with Crippen LogP contribution >= 0.6 is 27.3 Å². The first kappa shape index (κ1) is 15.3. The van der Waals surface area contributed by atoms with Crippen LogP contribution in [-0.4, -0.2) is 17.6 Å². The summed E-state index contributed by atoms with van der Waals surface area (Å²) in [6.45, 7) is 6.37. The van der Waals surface area contributed by atoms with Crippen LogP contribution in [0.3, 0.4) is 0 Å². The standard InChI is InChI=1S/C14H17BrN2O2S/c1-8(2)13-12(9(3)17-19-13)14(18)16-7-6-10-4-5-11(15)20-10/h4-5,8H,6-7H2,1-3H3,(H,16,18). The lowest BCUT2D eigenvalue weighted by Gasteiger charge is -2.06. The van der Waals surface area contributed by atoms with Crippen LogP contribution in [-0.2, 0) is 6.42 Å². The molecule has 20 heavy (non-hydrogen) atoms. The number of rotatable bonds is 5. The largest absolute Gasteiger partial charge is 0.360 e. The van der Waals surface area contributed by atoms with Crippen molar-refractivity contribution in [2.45, 2.75) is 33.1 Å². The Morgan fingerprint density at radius 2 is 2.25 bits per heavy atom. The van der Waals surface area contributed by atoms with Gasteiger partial charge in [-0.15, -0.1) is 11.3 Å². The number of aryl methyl sites for hydroxylation is 1. The van der Waals surface area contributed by atoms with Crippen molar-refractivity contribution in [3.63, 3.8) is 0 Å². The van der Waals surface area contributed by atoms with Crippen LogP contribution in [0.4, 0.5) is 0 Å². The molecule has 6 heteroatoms. The van der Waals surface area contributed by atoms with Gasteiger partial charge in [0.2, 0.25) is 0 Å². The Morgan fingerprint density at radius 1 is 1.50 bits per heavy atom. The highest BCUT2D eigenvalue weighted by Crippen LogP contribution is 2.23. The first-order valence-corrected chi connectivity index (χ1v) is 8.08. The van der Waals surface area contributed by atoms with Gasteiger partial charge in [0.25, 0.3) is 5.91 Å². The summed E-state index contributed by atoms with van der Waals surface area (Å²) < 4.78 is 6.34. The molecule has 2 aromatic heterocycles. The van der Waals surface area contributed by atoms with E-state index in [2.05, 4.69) is 32.5 Å². The number of amides is 1. The highest BCUT2D eigenvalue weighted by Gasteiger charge is 2.22. The van der Waals surface area contributed by atoms with E-state index in [1.807, 2.05) is 19.9 Å². The van der Waals surface area contributed by atoms with E-state index in [9.17, 15) is 4.79 Å². The van der Waals surface area contributed by atoms with Crippen molar-refractivity contribution in [3.05, 3.63) is 37.8 Å². The third-order valence-electron chi connectivity index (χ3n) is 2.93. The van der Waals surface area contributed by atoms with Gasteiger partial charge in [-0.1, -0.05) is 19.0 Å². The van der Waals surface area contributed by atoms with Crippen LogP contribution in [0, 0.1) is 6.92 Å². The molecule has 2 rings (SSSR count). The molecule has 108 valence electrons. The van der Waals surface area contributed by atoms with E-state index in [1.54, 1.807) is 18.3 Å². The molecule has 0 aromatic carbocycles. The van der Waals surface area contributed by atoms with Gasteiger partial charge in [-0.3, -0.25) is 4.79 Å². The lowest BCUT2D eigenvalue weighted by Crippen LogP contribution is -2.26. The second-order valence-electron chi connectivity index (χ2n) is 4.87. The third kappa shape index (κ3) is 3.49. The van der Waals surface area contributed by atoms with Crippen molar-refractivity contribution in [2.24, 2.45) is 0 Å². The number of hydrogen-bond donors (Lipinski definition) is 1. The van der Waals surface area contributed by atoms with E-state index in [1.165, 1.54) is 4.88 Å². The zero-order valence-electron chi connectivity index (χ0n) is 11.7. The number of carbonyl (C=O) groups is 1. The van der Waals surface area contributed by atoms with E-state index >= 15 is 0 Å². The summed E-state index contributed by atoms with van der Waals surface area (Å²) in [7, 11) is 0. The second-order valence-corrected chi connectivity index (χ2v) is 7.42. The molecule has 1 amide bonds. The smallest absolute Gasteiger partial charge is 0.256 e. The van der Waals surface area contributed by atoms with Crippen molar-refractivity contribution < 1.29 is 9.32 Å². The summed E-state index contributed by atoms with van der Waals surface area (Å²) in [6.07, 6.45) is 0.823. The van der Waals surface area contributed by atoms with Crippen molar-refractivity contribution in [3.8, 4) is 0 Å². The summed E-state index contributed by atoms with van der Waals surface area (Å²) in [6, 6.07) is 4.08. The van der Waals surface area contributed by atoms with Crippen LogP contribution < -0.4 is 5.32 Å². The fourth-order valence-corrected chi connectivity index (χ4v) is 3.41. The summed E-state index contributed by atoms with van der Waals surface area (Å²) in [5, 5.41) is 6.82. The minimum Gasteiger partial charge on any atom is -0.360 e. The molecule has 0 aliphatic rings. The van der Waals surface area contributed by atoms with Crippen LogP contribution in [0.5, 0.6) is 0 Å². The molecule has 0 spiro atoms. The fourth-order valence-electron chi connectivity index (χ4n) is 1.93. The monoisotopic (exact) mass is 356 g/mol. The number of carbonyl (C=O) groups excluding carboxylic acids is 1. The molecule has 0 atom stereocenters. The maximum atomic E-state index is 12.2. The Hall–Kier alpha value is -1.14. The maximum absolute atomic E-state index is 12.2. The lowest BCUT2D eigenvalue weighted by molar-refractivity contribution is 0.0951. The maximum Gasteiger partial charge on any atom is 0.256 e. The zero-order valence-corrected chi connectivity index (χ0v) is 14.1. The van der Waals surface area contributed by atoms with Gasteiger partial charge in [-0.2, -0.15) is 0 Å². The average molecular weight is 357 g/mol. The Kier molecular flexibility index (Phi) is 4.99. The van der Waals surface area contributed by atoms with Gasteiger partial charge in [-0.05, 0) is 41.4 Å². The number of aromatic nitrogens is 1. The number of nitrogens with one attached hydrogen (secondary N) is 1. The van der Waals surface area contributed by atoms with Crippen molar-refractivity contribution in [1.29, 1.82) is 0 Å². The normalized spacial score (nSPS) is 11.1. The van der Waals surface area contributed by atoms with Crippen molar-refractivity contribution in [2.75, 3.05) is 6.54 Å². The summed E-state index contributed by atoms with van der Waals surface area (Å²) >= 11 is 5.11. The number of halogens is 1. The van der Waals surface area contributed by atoms with Crippen LogP contribution in [0.25, 0.3) is 0 Å². The van der Waals surface area contributed by atoms with E-state index in [-0.39, 0.29) is 11.8 Å². The van der Waals surface area contributed by atoms with Crippen molar-refractivity contribution in [1.82, 2.24) is 10.5 Å². The molecule has 1 N–H and O–H groups in total. The average Bonchev–Trinajstić information content (AvgIpc) is 2.95. The summed E-state index contributed by atoms with van der Waals surface area (Å²) in [5.74, 6) is 0.687. The van der Waals surface area contributed by atoms with Crippen LogP contribution in [0.15, 0.2) is 20.4 Å². The van der Waals surface area contributed by atoms with E-state index in [4.69, 9.17) is 4.52 Å².